The number of ketones is 1. The van der Waals surface area contributed by atoms with Crippen LogP contribution in [0, 0.1) is 13.8 Å². The molecule has 1 saturated heterocycles. The molecular weight excluding hydrogens is 382 g/mol. The van der Waals surface area contributed by atoms with Gasteiger partial charge in [0.1, 0.15) is 23.3 Å². The summed E-state index contributed by atoms with van der Waals surface area (Å²) in [6.45, 7) is 3.77. The molecule has 1 aliphatic rings. The van der Waals surface area contributed by atoms with Crippen molar-refractivity contribution >= 4 is 23.1 Å². The van der Waals surface area contributed by atoms with Crippen LogP contribution in [0.2, 0.25) is 0 Å². The zero-order chi connectivity index (χ0) is 21.4. The molecule has 1 fully saturated rings. The van der Waals surface area contributed by atoms with Gasteiger partial charge in [0.15, 0.2) is 0 Å². The van der Waals surface area contributed by atoms with Gasteiger partial charge in [-0.25, -0.2) is 0 Å². The molecule has 0 spiro atoms. The van der Waals surface area contributed by atoms with Crippen molar-refractivity contribution in [1.82, 2.24) is 0 Å². The molecule has 0 aliphatic carbocycles. The molecule has 3 aromatic rings. The molecule has 6 heteroatoms. The number of amides is 1. The number of anilines is 1. The fourth-order valence-electron chi connectivity index (χ4n) is 3.74. The maximum Gasteiger partial charge on any atom is 0.300 e. The quantitative estimate of drug-likeness (QED) is 0.393. The van der Waals surface area contributed by atoms with E-state index in [1.54, 1.807) is 30.3 Å². The first-order chi connectivity index (χ1) is 14.4. The Labute approximate surface area is 174 Å². The van der Waals surface area contributed by atoms with Crippen molar-refractivity contribution in [3.63, 3.8) is 0 Å². The standard InChI is InChI=1S/C24H21NO5/c1-14-6-4-7-16(12-14)25-21(19-8-5-11-30-19)20(23(27)24(25)28)22(26)17-13-15(2)9-10-18(17)29-3/h4-13,21,26H,1-3H3/b22-20-. The topological polar surface area (TPSA) is 80.0 Å². The van der Waals surface area contributed by atoms with E-state index in [1.807, 2.05) is 38.1 Å². The van der Waals surface area contributed by atoms with E-state index in [9.17, 15) is 14.7 Å². The Morgan fingerprint density at radius 2 is 1.80 bits per heavy atom. The van der Waals surface area contributed by atoms with Crippen LogP contribution in [-0.2, 0) is 9.59 Å². The Hall–Kier alpha value is -3.80. The van der Waals surface area contributed by atoms with Crippen LogP contribution in [0.5, 0.6) is 5.75 Å². The van der Waals surface area contributed by atoms with E-state index in [2.05, 4.69) is 0 Å². The molecule has 4 rings (SSSR count). The number of aliphatic hydroxyl groups excluding tert-OH is 1. The average Bonchev–Trinajstić information content (AvgIpc) is 3.34. The molecule has 1 aliphatic heterocycles. The van der Waals surface area contributed by atoms with Gasteiger partial charge in [-0.1, -0.05) is 23.8 Å². The summed E-state index contributed by atoms with van der Waals surface area (Å²) < 4.78 is 10.9. The molecule has 1 amide bonds. The molecule has 1 N–H and O–H groups in total. The molecule has 0 bridgehead atoms. The monoisotopic (exact) mass is 403 g/mol. The number of Topliss-reactive ketones (excluding diaryl/α,β-unsaturated/α-hetero) is 1. The van der Waals surface area contributed by atoms with Crippen LogP contribution in [-0.4, -0.2) is 23.9 Å². The van der Waals surface area contributed by atoms with Crippen molar-refractivity contribution in [2.45, 2.75) is 19.9 Å². The first-order valence-corrected chi connectivity index (χ1v) is 9.48. The van der Waals surface area contributed by atoms with Gasteiger partial charge in [0, 0.05) is 5.69 Å². The first-order valence-electron chi connectivity index (χ1n) is 9.48. The number of carbonyl (C=O) groups excluding carboxylic acids is 2. The highest BCUT2D eigenvalue weighted by molar-refractivity contribution is 6.51. The van der Waals surface area contributed by atoms with Crippen molar-refractivity contribution in [2.24, 2.45) is 0 Å². The van der Waals surface area contributed by atoms with Crippen molar-refractivity contribution in [3.05, 3.63) is 88.9 Å². The van der Waals surface area contributed by atoms with Gasteiger partial charge >= 0.3 is 0 Å². The van der Waals surface area contributed by atoms with Crippen LogP contribution in [0.4, 0.5) is 5.69 Å². The van der Waals surface area contributed by atoms with Crippen LogP contribution < -0.4 is 9.64 Å². The van der Waals surface area contributed by atoms with Crippen molar-refractivity contribution in [2.75, 3.05) is 12.0 Å². The van der Waals surface area contributed by atoms with Crippen LogP contribution in [0.15, 0.2) is 70.9 Å². The number of rotatable bonds is 4. The second kappa shape index (κ2) is 7.55. The third-order valence-electron chi connectivity index (χ3n) is 5.15. The normalized spacial score (nSPS) is 18.1. The molecule has 152 valence electrons. The number of ether oxygens (including phenoxy) is 1. The summed E-state index contributed by atoms with van der Waals surface area (Å²) in [4.78, 5) is 27.5. The average molecular weight is 403 g/mol. The summed E-state index contributed by atoms with van der Waals surface area (Å²) in [7, 11) is 1.48. The predicted octanol–water partition coefficient (Wildman–Crippen LogP) is 4.53. The number of carbonyl (C=O) groups is 2. The van der Waals surface area contributed by atoms with Crippen molar-refractivity contribution in [3.8, 4) is 5.75 Å². The summed E-state index contributed by atoms with van der Waals surface area (Å²) in [5, 5.41) is 11.2. The molecule has 6 nitrogen and oxygen atoms in total. The van der Waals surface area contributed by atoms with E-state index in [0.29, 0.717) is 22.8 Å². The summed E-state index contributed by atoms with van der Waals surface area (Å²) in [5.74, 6) is -1.03. The fourth-order valence-corrected chi connectivity index (χ4v) is 3.74. The number of nitrogens with zero attached hydrogens (tertiary/aromatic N) is 1. The zero-order valence-corrected chi connectivity index (χ0v) is 16.9. The Balaban J connectivity index is 1.97. The molecule has 0 radical (unpaired) electrons. The first kappa shape index (κ1) is 19.5. The molecule has 1 atom stereocenters. The second-order valence-corrected chi connectivity index (χ2v) is 7.23. The molecule has 2 aromatic carbocycles. The Bertz CT molecular complexity index is 1160. The summed E-state index contributed by atoms with van der Waals surface area (Å²) in [5.41, 5.74) is 2.66. The minimum absolute atomic E-state index is 0.0413. The molecule has 2 heterocycles. The van der Waals surface area contributed by atoms with E-state index in [4.69, 9.17) is 9.15 Å². The molecule has 1 unspecified atom stereocenters. The SMILES string of the molecule is COc1ccc(C)cc1/C(O)=C1/C(=O)C(=O)N(c2cccc(C)c2)C1c1ccco1. The predicted molar refractivity (Wildman–Crippen MR) is 112 cm³/mol. The van der Waals surface area contributed by atoms with Gasteiger partial charge in [0.25, 0.3) is 11.7 Å². The van der Waals surface area contributed by atoms with E-state index >= 15 is 0 Å². The lowest BCUT2D eigenvalue weighted by Gasteiger charge is -2.23. The lowest BCUT2D eigenvalue weighted by Crippen LogP contribution is -2.29. The number of methoxy groups -OCH3 is 1. The highest BCUT2D eigenvalue weighted by Crippen LogP contribution is 2.43. The molecular formula is C24H21NO5. The molecule has 1 aromatic heterocycles. The van der Waals surface area contributed by atoms with Gasteiger partial charge in [-0.15, -0.1) is 0 Å². The van der Waals surface area contributed by atoms with Gasteiger partial charge in [-0.05, 0) is 55.8 Å². The Kier molecular flexibility index (Phi) is 4.91. The highest BCUT2D eigenvalue weighted by atomic mass is 16.5. The summed E-state index contributed by atoms with van der Waals surface area (Å²) >= 11 is 0. The smallest absolute Gasteiger partial charge is 0.300 e. The summed E-state index contributed by atoms with van der Waals surface area (Å²) in [6.07, 6.45) is 1.47. The number of hydrogen-bond donors (Lipinski definition) is 1. The lowest BCUT2D eigenvalue weighted by atomic mass is 9.97. The lowest BCUT2D eigenvalue weighted by molar-refractivity contribution is -0.132. The Morgan fingerprint density at radius 3 is 2.47 bits per heavy atom. The Morgan fingerprint density at radius 1 is 1.03 bits per heavy atom. The highest BCUT2D eigenvalue weighted by Gasteiger charge is 2.48. The largest absolute Gasteiger partial charge is 0.507 e. The van der Waals surface area contributed by atoms with Gasteiger partial charge in [-0.2, -0.15) is 0 Å². The number of aryl methyl sites for hydroxylation is 2. The fraction of sp³-hybridized carbons (Fsp3) is 0.167. The van der Waals surface area contributed by atoms with Gasteiger partial charge in [0.05, 0.1) is 24.5 Å². The van der Waals surface area contributed by atoms with Gasteiger partial charge < -0.3 is 14.3 Å². The van der Waals surface area contributed by atoms with Gasteiger partial charge in [0.2, 0.25) is 0 Å². The number of aliphatic hydroxyl groups is 1. The molecule has 0 saturated carbocycles. The van der Waals surface area contributed by atoms with Crippen LogP contribution in [0.1, 0.15) is 28.5 Å². The van der Waals surface area contributed by atoms with Crippen LogP contribution in [0.25, 0.3) is 5.76 Å². The van der Waals surface area contributed by atoms with E-state index in [0.717, 1.165) is 11.1 Å². The third-order valence-corrected chi connectivity index (χ3v) is 5.15. The van der Waals surface area contributed by atoms with Gasteiger partial charge in [-0.3, -0.25) is 14.5 Å². The van der Waals surface area contributed by atoms with E-state index in [-0.39, 0.29) is 11.3 Å². The number of hydrogen-bond acceptors (Lipinski definition) is 5. The second-order valence-electron chi connectivity index (χ2n) is 7.23. The zero-order valence-electron chi connectivity index (χ0n) is 16.9. The summed E-state index contributed by atoms with van der Waals surface area (Å²) in [6, 6.07) is 15.0. The number of benzene rings is 2. The van der Waals surface area contributed by atoms with E-state index < -0.39 is 17.7 Å². The third kappa shape index (κ3) is 3.16. The van der Waals surface area contributed by atoms with Crippen molar-refractivity contribution in [1.29, 1.82) is 0 Å². The maximum absolute atomic E-state index is 13.1. The van der Waals surface area contributed by atoms with Crippen LogP contribution >= 0.6 is 0 Å². The minimum Gasteiger partial charge on any atom is -0.507 e. The van der Waals surface area contributed by atoms with E-state index in [1.165, 1.54) is 18.3 Å². The molecule has 30 heavy (non-hydrogen) atoms. The van der Waals surface area contributed by atoms with Crippen LogP contribution in [0.3, 0.4) is 0 Å². The minimum atomic E-state index is -0.896. The maximum atomic E-state index is 13.1. The number of furan rings is 1. The van der Waals surface area contributed by atoms with Crippen molar-refractivity contribution < 1.29 is 23.8 Å².